The molecule has 1 N–H and O–H groups in total. The zero-order valence-electron chi connectivity index (χ0n) is 18.5. The molecule has 2 fully saturated rings. The van der Waals surface area contributed by atoms with Gasteiger partial charge < -0.3 is 15.0 Å². The van der Waals surface area contributed by atoms with Crippen LogP contribution in [0.25, 0.3) is 0 Å². The Bertz CT molecular complexity index is 685. The second-order valence-electron chi connectivity index (χ2n) is 8.33. The number of nitrogens with zero attached hydrogens (tertiary/aromatic N) is 3. The van der Waals surface area contributed by atoms with Gasteiger partial charge in [0.1, 0.15) is 0 Å². The quantitative estimate of drug-likeness (QED) is 0.266. The number of esters is 1. The van der Waals surface area contributed by atoms with E-state index in [2.05, 4.69) is 57.4 Å². The van der Waals surface area contributed by atoms with Crippen LogP contribution in [0, 0.1) is 11.8 Å². The van der Waals surface area contributed by atoms with Crippen LogP contribution in [0.2, 0.25) is 0 Å². The maximum Gasteiger partial charge on any atom is 0.310 e. The molecule has 2 aliphatic rings. The van der Waals surface area contributed by atoms with Crippen LogP contribution in [0.4, 0.5) is 0 Å². The monoisotopic (exact) mass is 528 g/mol. The van der Waals surface area contributed by atoms with E-state index in [1.807, 2.05) is 14.0 Å². The number of carbonyl (C=O) groups excluding carboxylic acids is 1. The summed E-state index contributed by atoms with van der Waals surface area (Å²) in [7, 11) is 1.83. The fraction of sp³-hybridized carbons (Fsp3) is 0.652. The molecule has 0 aromatic heterocycles. The molecular weight excluding hydrogens is 491 g/mol. The topological polar surface area (TPSA) is 57.2 Å². The third-order valence-corrected chi connectivity index (χ3v) is 6.12. The molecule has 30 heavy (non-hydrogen) atoms. The molecular formula is C23H37IN4O2. The van der Waals surface area contributed by atoms with Crippen LogP contribution in [0.5, 0.6) is 0 Å². The summed E-state index contributed by atoms with van der Waals surface area (Å²) in [5.74, 6) is 1.40. The lowest BCUT2D eigenvalue weighted by Gasteiger charge is -2.34. The number of halogens is 1. The molecule has 0 bridgehead atoms. The first-order valence-corrected chi connectivity index (χ1v) is 11.0. The molecule has 0 spiro atoms. The molecule has 2 saturated heterocycles. The van der Waals surface area contributed by atoms with Crippen molar-refractivity contribution in [2.75, 3.05) is 39.8 Å². The Morgan fingerprint density at radius 1 is 1.27 bits per heavy atom. The maximum absolute atomic E-state index is 12.1. The van der Waals surface area contributed by atoms with Gasteiger partial charge in [-0.15, -0.1) is 24.0 Å². The molecule has 2 unspecified atom stereocenters. The second kappa shape index (κ2) is 12.5. The van der Waals surface area contributed by atoms with E-state index in [1.54, 1.807) is 0 Å². The molecule has 0 amide bonds. The number of nitrogens with one attached hydrogen (secondary N) is 1. The zero-order valence-corrected chi connectivity index (χ0v) is 20.9. The average Bonchev–Trinajstić information content (AvgIpc) is 3.09. The zero-order chi connectivity index (χ0) is 20.6. The summed E-state index contributed by atoms with van der Waals surface area (Å²) in [6, 6.07) is 11.3. The summed E-state index contributed by atoms with van der Waals surface area (Å²) in [5, 5.41) is 3.57. The number of benzene rings is 1. The van der Waals surface area contributed by atoms with E-state index in [0.717, 1.165) is 45.0 Å². The minimum absolute atomic E-state index is 0. The summed E-state index contributed by atoms with van der Waals surface area (Å²) in [6.07, 6.45) is 3.10. The number of aliphatic imine (C=N–C) groups is 1. The van der Waals surface area contributed by atoms with Gasteiger partial charge in [0.15, 0.2) is 5.96 Å². The summed E-state index contributed by atoms with van der Waals surface area (Å²) >= 11 is 0. The molecule has 7 heteroatoms. The smallest absolute Gasteiger partial charge is 0.310 e. The standard InChI is InChI=1S/C23H36N4O2.HI/c1-4-29-22(28)21-11-8-12-26(17-21)23(24-3)25-14-20-13-18(2)27(16-20)15-19-9-6-5-7-10-19;/h5-7,9-10,18,20-21H,4,8,11-17H2,1-3H3,(H,24,25);1H/t18?,20?,21-;/m1./s1. The van der Waals surface area contributed by atoms with Gasteiger partial charge in [-0.25, -0.2) is 0 Å². The van der Waals surface area contributed by atoms with Crippen LogP contribution in [0.1, 0.15) is 38.7 Å². The van der Waals surface area contributed by atoms with Gasteiger partial charge >= 0.3 is 5.97 Å². The second-order valence-corrected chi connectivity index (χ2v) is 8.33. The number of ether oxygens (including phenoxy) is 1. The van der Waals surface area contributed by atoms with Gasteiger partial charge in [-0.3, -0.25) is 14.7 Å². The molecule has 0 aliphatic carbocycles. The molecule has 2 heterocycles. The number of guanidine groups is 1. The number of rotatable bonds is 6. The number of piperidine rings is 1. The summed E-state index contributed by atoms with van der Waals surface area (Å²) in [6.45, 7) is 9.31. The highest BCUT2D eigenvalue weighted by Gasteiger charge is 2.31. The van der Waals surface area contributed by atoms with Crippen LogP contribution in [-0.4, -0.2) is 67.6 Å². The van der Waals surface area contributed by atoms with E-state index in [4.69, 9.17) is 4.74 Å². The van der Waals surface area contributed by atoms with Gasteiger partial charge in [0, 0.05) is 45.8 Å². The Kier molecular flexibility index (Phi) is 10.4. The first-order chi connectivity index (χ1) is 14.1. The summed E-state index contributed by atoms with van der Waals surface area (Å²) in [5.41, 5.74) is 1.38. The molecule has 3 rings (SSSR count). The van der Waals surface area contributed by atoms with Gasteiger partial charge in [0.2, 0.25) is 0 Å². The Morgan fingerprint density at radius 2 is 2.03 bits per heavy atom. The minimum atomic E-state index is -0.0752. The molecule has 6 nitrogen and oxygen atoms in total. The highest BCUT2D eigenvalue weighted by molar-refractivity contribution is 14.0. The largest absolute Gasteiger partial charge is 0.466 e. The summed E-state index contributed by atoms with van der Waals surface area (Å²) < 4.78 is 5.23. The van der Waals surface area contributed by atoms with E-state index in [0.29, 0.717) is 25.1 Å². The van der Waals surface area contributed by atoms with E-state index >= 15 is 0 Å². The first-order valence-electron chi connectivity index (χ1n) is 11.0. The normalized spacial score (nSPS) is 25.0. The van der Waals surface area contributed by atoms with Crippen LogP contribution in [0.15, 0.2) is 35.3 Å². The fourth-order valence-electron chi connectivity index (χ4n) is 4.59. The number of hydrogen-bond acceptors (Lipinski definition) is 4. The van der Waals surface area contributed by atoms with Crippen LogP contribution >= 0.6 is 24.0 Å². The predicted octanol–water partition coefficient (Wildman–Crippen LogP) is 3.37. The number of hydrogen-bond donors (Lipinski definition) is 1. The Morgan fingerprint density at radius 3 is 2.73 bits per heavy atom. The molecule has 1 aromatic carbocycles. The van der Waals surface area contributed by atoms with E-state index in [-0.39, 0.29) is 35.9 Å². The predicted molar refractivity (Wildman–Crippen MR) is 132 cm³/mol. The average molecular weight is 528 g/mol. The van der Waals surface area contributed by atoms with Crippen molar-refractivity contribution in [2.24, 2.45) is 16.8 Å². The van der Waals surface area contributed by atoms with Gasteiger partial charge in [0.25, 0.3) is 0 Å². The van der Waals surface area contributed by atoms with E-state index < -0.39 is 0 Å². The van der Waals surface area contributed by atoms with Crippen molar-refractivity contribution in [1.82, 2.24) is 15.1 Å². The van der Waals surface area contributed by atoms with Gasteiger partial charge in [0.05, 0.1) is 12.5 Å². The fourth-order valence-corrected chi connectivity index (χ4v) is 4.59. The first kappa shape index (κ1) is 24.9. The van der Waals surface area contributed by atoms with Crippen molar-refractivity contribution < 1.29 is 9.53 Å². The lowest BCUT2D eigenvalue weighted by molar-refractivity contribution is -0.149. The molecule has 3 atom stereocenters. The van der Waals surface area contributed by atoms with Crippen LogP contribution in [0.3, 0.4) is 0 Å². The molecule has 0 saturated carbocycles. The lowest BCUT2D eigenvalue weighted by Crippen LogP contribution is -2.49. The maximum atomic E-state index is 12.1. The third-order valence-electron chi connectivity index (χ3n) is 6.12. The Hall–Kier alpha value is -1.35. The molecule has 2 aliphatic heterocycles. The SMILES string of the molecule is CCOC(=O)[C@@H]1CCCN(C(=NC)NCC2CC(C)N(Cc3ccccc3)C2)C1.I. The highest BCUT2D eigenvalue weighted by atomic mass is 127. The molecule has 1 aromatic rings. The Balaban J connectivity index is 0.00000320. The number of carbonyl (C=O) groups is 1. The van der Waals surface area contributed by atoms with Crippen molar-refractivity contribution in [3.63, 3.8) is 0 Å². The number of likely N-dealkylation sites (tertiary alicyclic amines) is 2. The van der Waals surface area contributed by atoms with E-state index in [9.17, 15) is 4.79 Å². The van der Waals surface area contributed by atoms with Crippen molar-refractivity contribution in [2.45, 2.75) is 45.7 Å². The minimum Gasteiger partial charge on any atom is -0.466 e. The van der Waals surface area contributed by atoms with Crippen LogP contribution in [-0.2, 0) is 16.1 Å². The van der Waals surface area contributed by atoms with Gasteiger partial charge in [-0.05, 0) is 44.6 Å². The van der Waals surface area contributed by atoms with Gasteiger partial charge in [-0.2, -0.15) is 0 Å². The Labute approximate surface area is 198 Å². The molecule has 0 radical (unpaired) electrons. The van der Waals surface area contributed by atoms with E-state index in [1.165, 1.54) is 12.0 Å². The van der Waals surface area contributed by atoms with Crippen molar-refractivity contribution in [1.29, 1.82) is 0 Å². The lowest BCUT2D eigenvalue weighted by atomic mass is 9.98. The highest BCUT2D eigenvalue weighted by Crippen LogP contribution is 2.25. The van der Waals surface area contributed by atoms with Gasteiger partial charge in [-0.1, -0.05) is 30.3 Å². The third kappa shape index (κ3) is 6.83. The molecule has 168 valence electrons. The van der Waals surface area contributed by atoms with Crippen molar-refractivity contribution >= 4 is 35.9 Å². The van der Waals surface area contributed by atoms with Crippen molar-refractivity contribution in [3.05, 3.63) is 35.9 Å². The van der Waals surface area contributed by atoms with Crippen molar-refractivity contribution in [3.8, 4) is 0 Å². The van der Waals surface area contributed by atoms with Crippen LogP contribution < -0.4 is 5.32 Å². The summed E-state index contributed by atoms with van der Waals surface area (Å²) in [4.78, 5) is 21.4.